The zero-order valence-corrected chi connectivity index (χ0v) is 16.6. The Morgan fingerprint density at radius 2 is 2.11 bits per heavy atom. The third-order valence-corrected chi connectivity index (χ3v) is 5.61. The molecular weight excluding hydrogens is 368 g/mol. The van der Waals surface area contributed by atoms with E-state index in [1.54, 1.807) is 20.8 Å². The van der Waals surface area contributed by atoms with Crippen LogP contribution in [0, 0.1) is 17.8 Å². The summed E-state index contributed by atoms with van der Waals surface area (Å²) in [5, 5.41) is 21.9. The predicted octanol–water partition coefficient (Wildman–Crippen LogP) is 1.25. The number of rotatable bonds is 5. The Morgan fingerprint density at radius 1 is 1.46 bits per heavy atom. The SMILES string of the molecule is C=C1C(=O)O[C@@H]2C1C[C@@H](O)[C@H](C)[C@@](O)(OC(=O)/C=C/C)[C@H]2OC(=O)C(C)CC. The van der Waals surface area contributed by atoms with Gasteiger partial charge >= 0.3 is 17.9 Å². The van der Waals surface area contributed by atoms with E-state index in [1.165, 1.54) is 13.0 Å². The molecule has 2 aliphatic rings. The van der Waals surface area contributed by atoms with Crippen molar-refractivity contribution in [1.82, 2.24) is 0 Å². The van der Waals surface area contributed by atoms with Gasteiger partial charge in [0.25, 0.3) is 5.79 Å². The van der Waals surface area contributed by atoms with Crippen LogP contribution in [-0.4, -0.2) is 52.2 Å². The number of hydrogen-bond donors (Lipinski definition) is 2. The Hall–Kier alpha value is -2.19. The van der Waals surface area contributed by atoms with Crippen molar-refractivity contribution in [3.05, 3.63) is 24.3 Å². The number of carbonyl (C=O) groups is 3. The topological polar surface area (TPSA) is 119 Å². The number of allylic oxidation sites excluding steroid dienone is 1. The van der Waals surface area contributed by atoms with Crippen molar-refractivity contribution in [1.29, 1.82) is 0 Å². The van der Waals surface area contributed by atoms with Crippen molar-refractivity contribution in [3.63, 3.8) is 0 Å². The molecule has 0 aromatic carbocycles. The number of fused-ring (bicyclic) bond motifs is 1. The summed E-state index contributed by atoms with van der Waals surface area (Å²) in [7, 11) is 0. The summed E-state index contributed by atoms with van der Waals surface area (Å²) in [4.78, 5) is 36.6. The highest BCUT2D eigenvalue weighted by atomic mass is 16.7. The average molecular weight is 396 g/mol. The second kappa shape index (κ2) is 8.45. The zero-order valence-electron chi connectivity index (χ0n) is 16.6. The number of hydrogen-bond acceptors (Lipinski definition) is 8. The molecule has 0 aromatic heterocycles. The standard InChI is InChI=1S/C20H28O8/c1-6-8-15(22)28-20(25)12(5)14(21)9-13-11(4)19(24)26-16(13)17(20)27-18(23)10(3)7-2/h6,8,10,12-14,16-17,21,25H,4,7,9H2,1-3,5H3/b8-6+/t10?,12-,13?,14+,16+,17-,20+/m0/s1. The van der Waals surface area contributed by atoms with Crippen molar-refractivity contribution in [3.8, 4) is 0 Å². The van der Waals surface area contributed by atoms with Crippen molar-refractivity contribution < 1.29 is 38.8 Å². The molecule has 1 saturated carbocycles. The molecule has 28 heavy (non-hydrogen) atoms. The van der Waals surface area contributed by atoms with Gasteiger partial charge in [0.05, 0.1) is 17.9 Å². The summed E-state index contributed by atoms with van der Waals surface area (Å²) in [6.45, 7) is 10.2. The minimum atomic E-state index is -2.40. The van der Waals surface area contributed by atoms with Crippen LogP contribution in [0.5, 0.6) is 0 Å². The van der Waals surface area contributed by atoms with Gasteiger partial charge in [-0.1, -0.05) is 33.4 Å². The van der Waals surface area contributed by atoms with E-state index < -0.39 is 59.8 Å². The number of aliphatic hydroxyl groups excluding tert-OH is 1. The lowest BCUT2D eigenvalue weighted by atomic mass is 9.90. The molecule has 156 valence electrons. The van der Waals surface area contributed by atoms with Gasteiger partial charge in [0.2, 0.25) is 6.10 Å². The average Bonchev–Trinajstić information content (AvgIpc) is 2.88. The third kappa shape index (κ3) is 3.98. The Bertz CT molecular complexity index is 684. The monoisotopic (exact) mass is 396 g/mol. The molecule has 1 heterocycles. The van der Waals surface area contributed by atoms with Crippen LogP contribution < -0.4 is 0 Å². The Kier molecular flexibility index (Phi) is 6.67. The van der Waals surface area contributed by atoms with Gasteiger partial charge in [-0.3, -0.25) is 4.79 Å². The van der Waals surface area contributed by atoms with E-state index in [4.69, 9.17) is 14.2 Å². The number of aliphatic hydroxyl groups is 2. The van der Waals surface area contributed by atoms with Gasteiger partial charge in [-0.2, -0.15) is 0 Å². The van der Waals surface area contributed by atoms with E-state index in [2.05, 4.69) is 6.58 Å². The van der Waals surface area contributed by atoms with Crippen LogP contribution in [0.2, 0.25) is 0 Å². The molecule has 2 rings (SSSR count). The lowest BCUT2D eigenvalue weighted by molar-refractivity contribution is -0.291. The lowest BCUT2D eigenvalue weighted by Crippen LogP contribution is -2.59. The highest BCUT2D eigenvalue weighted by molar-refractivity contribution is 5.91. The molecule has 1 aliphatic heterocycles. The van der Waals surface area contributed by atoms with E-state index in [0.717, 1.165) is 6.08 Å². The van der Waals surface area contributed by atoms with Crippen LogP contribution in [-0.2, 0) is 28.6 Å². The van der Waals surface area contributed by atoms with Crippen molar-refractivity contribution >= 4 is 17.9 Å². The maximum Gasteiger partial charge on any atom is 0.334 e. The van der Waals surface area contributed by atoms with Gasteiger partial charge in [0.15, 0.2) is 6.10 Å². The van der Waals surface area contributed by atoms with E-state index in [9.17, 15) is 24.6 Å². The fourth-order valence-corrected chi connectivity index (χ4v) is 3.46. The smallest absolute Gasteiger partial charge is 0.334 e. The first kappa shape index (κ1) is 22.1. The van der Waals surface area contributed by atoms with E-state index in [-0.39, 0.29) is 12.0 Å². The van der Waals surface area contributed by atoms with Crippen LogP contribution in [0.25, 0.3) is 0 Å². The van der Waals surface area contributed by atoms with Gasteiger partial charge in [-0.05, 0) is 19.8 Å². The summed E-state index contributed by atoms with van der Waals surface area (Å²) >= 11 is 0. The summed E-state index contributed by atoms with van der Waals surface area (Å²) in [5.41, 5.74) is 0.116. The number of ether oxygens (including phenoxy) is 3. The predicted molar refractivity (Wildman–Crippen MR) is 97.5 cm³/mol. The first-order valence-electron chi connectivity index (χ1n) is 9.43. The van der Waals surface area contributed by atoms with Crippen LogP contribution >= 0.6 is 0 Å². The summed E-state index contributed by atoms with van der Waals surface area (Å²) in [5.74, 6) is -6.81. The largest absolute Gasteiger partial charge is 0.454 e. The number of esters is 3. The van der Waals surface area contributed by atoms with Crippen molar-refractivity contribution in [2.24, 2.45) is 17.8 Å². The van der Waals surface area contributed by atoms with Crippen LogP contribution in [0.1, 0.15) is 40.5 Å². The van der Waals surface area contributed by atoms with Gasteiger partial charge in [0, 0.05) is 17.6 Å². The summed E-state index contributed by atoms with van der Waals surface area (Å²) in [6.07, 6.45) is -0.761. The third-order valence-electron chi connectivity index (χ3n) is 5.61. The molecule has 0 spiro atoms. The Balaban J connectivity index is 2.52. The van der Waals surface area contributed by atoms with Gasteiger partial charge in [0.1, 0.15) is 0 Å². The van der Waals surface area contributed by atoms with Crippen LogP contribution in [0.3, 0.4) is 0 Å². The molecule has 2 fully saturated rings. The molecule has 8 heteroatoms. The molecule has 7 atom stereocenters. The maximum absolute atomic E-state index is 12.5. The molecular formula is C20H28O8. The van der Waals surface area contributed by atoms with Crippen LogP contribution in [0.4, 0.5) is 0 Å². The van der Waals surface area contributed by atoms with E-state index >= 15 is 0 Å². The molecule has 8 nitrogen and oxygen atoms in total. The first-order valence-corrected chi connectivity index (χ1v) is 9.43. The van der Waals surface area contributed by atoms with Gasteiger partial charge < -0.3 is 24.4 Å². The highest BCUT2D eigenvalue weighted by Crippen LogP contribution is 2.45. The minimum Gasteiger partial charge on any atom is -0.454 e. The highest BCUT2D eigenvalue weighted by Gasteiger charge is 2.62. The first-order chi connectivity index (χ1) is 13.1. The normalized spacial score (nSPS) is 36.4. The van der Waals surface area contributed by atoms with Crippen molar-refractivity contribution in [2.45, 2.75) is 64.6 Å². The maximum atomic E-state index is 12.5. The quantitative estimate of drug-likeness (QED) is 0.308. The fourth-order valence-electron chi connectivity index (χ4n) is 3.46. The Labute approximate surface area is 164 Å². The molecule has 1 aliphatic carbocycles. The lowest BCUT2D eigenvalue weighted by Gasteiger charge is -2.40. The number of carbonyl (C=O) groups excluding carboxylic acids is 3. The molecule has 0 bridgehead atoms. The molecule has 0 radical (unpaired) electrons. The summed E-state index contributed by atoms with van der Waals surface area (Å²) < 4.78 is 16.1. The van der Waals surface area contributed by atoms with Crippen molar-refractivity contribution in [2.75, 3.05) is 0 Å². The summed E-state index contributed by atoms with van der Waals surface area (Å²) in [6, 6.07) is 0. The fraction of sp³-hybridized carbons (Fsp3) is 0.650. The van der Waals surface area contributed by atoms with E-state index in [1.807, 2.05) is 0 Å². The second-order valence-corrected chi connectivity index (χ2v) is 7.43. The van der Waals surface area contributed by atoms with E-state index in [0.29, 0.717) is 6.42 Å². The minimum absolute atomic E-state index is 0.0390. The van der Waals surface area contributed by atoms with Crippen LogP contribution in [0.15, 0.2) is 24.3 Å². The molecule has 2 N–H and O–H groups in total. The Morgan fingerprint density at radius 3 is 2.68 bits per heavy atom. The molecule has 0 amide bonds. The molecule has 0 aromatic rings. The van der Waals surface area contributed by atoms with Gasteiger partial charge in [-0.25, -0.2) is 9.59 Å². The zero-order chi connectivity index (χ0) is 21.2. The molecule has 2 unspecified atom stereocenters. The van der Waals surface area contributed by atoms with Gasteiger partial charge in [-0.15, -0.1) is 0 Å². The second-order valence-electron chi connectivity index (χ2n) is 7.43. The molecule has 1 saturated heterocycles.